The van der Waals surface area contributed by atoms with E-state index in [9.17, 15) is 0 Å². The molecule has 0 nitrogen and oxygen atoms in total. The molecule has 44 valence electrons. The third-order valence-corrected chi connectivity index (χ3v) is 1.52. The van der Waals surface area contributed by atoms with Gasteiger partial charge >= 0.3 is 0 Å². The zero-order chi connectivity index (χ0) is 5.98. The van der Waals surface area contributed by atoms with Crippen LogP contribution in [-0.4, -0.2) is 23.1 Å². The lowest BCUT2D eigenvalue weighted by Gasteiger charge is -1.87. The smallest absolute Gasteiger partial charge is 0.0417 e. The van der Waals surface area contributed by atoms with Crippen molar-refractivity contribution in [2.75, 3.05) is 0 Å². The molecule has 0 amide bonds. The largest absolute Gasteiger partial charge is 0.0843 e. The van der Waals surface area contributed by atoms with Crippen molar-refractivity contribution in [1.29, 1.82) is 0 Å². The Morgan fingerprint density at radius 3 is 2.33 bits per heavy atom. The zero-order valence-corrected chi connectivity index (χ0v) is 8.53. The fourth-order valence-corrected chi connectivity index (χ4v) is 1.18. The van der Waals surface area contributed by atoms with Gasteiger partial charge in [-0.3, -0.25) is 0 Å². The molecule has 0 saturated carbocycles. The summed E-state index contributed by atoms with van der Waals surface area (Å²) in [6.07, 6.45) is 0. The van der Waals surface area contributed by atoms with Crippen molar-refractivity contribution in [3.63, 3.8) is 0 Å². The second-order valence-electron chi connectivity index (χ2n) is 1.44. The summed E-state index contributed by atoms with van der Waals surface area (Å²) in [6.45, 7) is 0. The normalized spacial score (nSPS) is 8.22. The molecule has 1 rings (SSSR count). The van der Waals surface area contributed by atoms with Gasteiger partial charge in [0.1, 0.15) is 0 Å². The summed E-state index contributed by atoms with van der Waals surface area (Å²) in [5.74, 6) is 0. The lowest BCUT2D eigenvalue weighted by atomic mass is 10.4. The SMILES string of the molecule is Clc1cccc(Br)c1.[Mg]. The molecule has 0 aromatic heterocycles. The molecule has 1 aromatic rings. The van der Waals surface area contributed by atoms with Gasteiger partial charge in [0.2, 0.25) is 0 Å². The van der Waals surface area contributed by atoms with Crippen molar-refractivity contribution >= 4 is 50.6 Å². The number of benzene rings is 1. The summed E-state index contributed by atoms with van der Waals surface area (Å²) in [6, 6.07) is 7.52. The van der Waals surface area contributed by atoms with Crippen molar-refractivity contribution in [2.24, 2.45) is 0 Å². The Balaban J connectivity index is 0.000000640. The Bertz CT molecular complexity index is 173. The maximum atomic E-state index is 5.61. The highest BCUT2D eigenvalue weighted by Crippen LogP contribution is 2.14. The molecule has 9 heavy (non-hydrogen) atoms. The van der Waals surface area contributed by atoms with Crippen LogP contribution in [0.4, 0.5) is 0 Å². The summed E-state index contributed by atoms with van der Waals surface area (Å²) in [5.41, 5.74) is 0. The number of halogens is 2. The number of hydrogen-bond donors (Lipinski definition) is 0. The summed E-state index contributed by atoms with van der Waals surface area (Å²) < 4.78 is 1.02. The first kappa shape index (κ1) is 9.76. The van der Waals surface area contributed by atoms with Gasteiger partial charge in [0.25, 0.3) is 0 Å². The molecule has 0 bridgehead atoms. The van der Waals surface area contributed by atoms with Crippen LogP contribution in [0, 0.1) is 0 Å². The van der Waals surface area contributed by atoms with E-state index in [2.05, 4.69) is 15.9 Å². The highest BCUT2D eigenvalue weighted by Gasteiger charge is 1.84. The number of hydrogen-bond acceptors (Lipinski definition) is 0. The van der Waals surface area contributed by atoms with E-state index in [1.165, 1.54) is 0 Å². The molecule has 0 aliphatic carbocycles. The molecule has 2 radical (unpaired) electrons. The van der Waals surface area contributed by atoms with Gasteiger partial charge in [0.05, 0.1) is 0 Å². The van der Waals surface area contributed by atoms with Crippen molar-refractivity contribution in [1.82, 2.24) is 0 Å². The monoisotopic (exact) mass is 214 g/mol. The van der Waals surface area contributed by atoms with E-state index in [0.717, 1.165) is 9.50 Å². The van der Waals surface area contributed by atoms with Gasteiger partial charge in [0, 0.05) is 32.5 Å². The maximum Gasteiger partial charge on any atom is 0.0417 e. The first-order valence-corrected chi connectivity index (χ1v) is 3.37. The predicted octanol–water partition coefficient (Wildman–Crippen LogP) is 2.72. The fraction of sp³-hybridized carbons (Fsp3) is 0. The Morgan fingerprint density at radius 2 is 2.00 bits per heavy atom. The van der Waals surface area contributed by atoms with E-state index in [4.69, 9.17) is 11.6 Å². The average molecular weight is 216 g/mol. The fourth-order valence-electron chi connectivity index (χ4n) is 0.460. The molecular formula is C6H4BrClMg. The van der Waals surface area contributed by atoms with E-state index in [1.807, 2.05) is 24.3 Å². The molecular weight excluding hydrogens is 212 g/mol. The summed E-state index contributed by atoms with van der Waals surface area (Å²) >= 11 is 8.89. The minimum Gasteiger partial charge on any atom is -0.0843 e. The molecule has 0 saturated heterocycles. The highest BCUT2D eigenvalue weighted by molar-refractivity contribution is 9.10. The standard InChI is InChI=1S/C6H4BrCl.Mg/c7-5-2-1-3-6(8)4-5;/h1-4H;. The van der Waals surface area contributed by atoms with E-state index >= 15 is 0 Å². The van der Waals surface area contributed by atoms with Gasteiger partial charge in [-0.25, -0.2) is 0 Å². The van der Waals surface area contributed by atoms with E-state index in [1.54, 1.807) is 0 Å². The second kappa shape index (κ2) is 4.55. The van der Waals surface area contributed by atoms with E-state index < -0.39 is 0 Å². The maximum absolute atomic E-state index is 5.61. The van der Waals surface area contributed by atoms with Crippen LogP contribution >= 0.6 is 27.5 Å². The Kier molecular flexibility index (Phi) is 4.94. The lowest BCUT2D eigenvalue weighted by Crippen LogP contribution is -1.61. The number of rotatable bonds is 0. The van der Waals surface area contributed by atoms with Crippen LogP contribution < -0.4 is 0 Å². The molecule has 1 aromatic carbocycles. The average Bonchev–Trinajstić information content (AvgIpc) is 1.64. The lowest BCUT2D eigenvalue weighted by molar-refractivity contribution is 1.65. The van der Waals surface area contributed by atoms with Gasteiger partial charge in [-0.05, 0) is 18.2 Å². The minimum atomic E-state index is 0. The van der Waals surface area contributed by atoms with Crippen LogP contribution in [-0.2, 0) is 0 Å². The molecule has 0 spiro atoms. The summed E-state index contributed by atoms with van der Waals surface area (Å²) in [5, 5.41) is 0.763. The van der Waals surface area contributed by atoms with Crippen LogP contribution in [0.1, 0.15) is 0 Å². The van der Waals surface area contributed by atoms with Gasteiger partial charge in [-0.15, -0.1) is 0 Å². The molecule has 0 aliphatic heterocycles. The van der Waals surface area contributed by atoms with Gasteiger partial charge in [0.15, 0.2) is 0 Å². The van der Waals surface area contributed by atoms with Crippen molar-refractivity contribution in [2.45, 2.75) is 0 Å². The predicted molar refractivity (Wildman–Crippen MR) is 44.9 cm³/mol. The third kappa shape index (κ3) is 3.45. The summed E-state index contributed by atoms with van der Waals surface area (Å²) in [4.78, 5) is 0. The molecule has 0 heterocycles. The molecule has 0 atom stereocenters. The molecule has 0 aliphatic rings. The summed E-state index contributed by atoms with van der Waals surface area (Å²) in [7, 11) is 0. The van der Waals surface area contributed by atoms with Crippen LogP contribution in [0.5, 0.6) is 0 Å². The van der Waals surface area contributed by atoms with Gasteiger partial charge < -0.3 is 0 Å². The quantitative estimate of drug-likeness (QED) is 0.584. The first-order valence-electron chi connectivity index (χ1n) is 2.20. The van der Waals surface area contributed by atoms with Crippen LogP contribution in [0.3, 0.4) is 0 Å². The molecule has 0 N–H and O–H groups in total. The van der Waals surface area contributed by atoms with Crippen molar-refractivity contribution in [3.8, 4) is 0 Å². The highest BCUT2D eigenvalue weighted by atomic mass is 79.9. The minimum absolute atomic E-state index is 0. The second-order valence-corrected chi connectivity index (χ2v) is 2.79. The van der Waals surface area contributed by atoms with E-state index in [0.29, 0.717) is 0 Å². The Morgan fingerprint density at radius 1 is 1.33 bits per heavy atom. The Hall–Kier alpha value is 0.756. The molecule has 0 fully saturated rings. The zero-order valence-electron chi connectivity index (χ0n) is 4.77. The van der Waals surface area contributed by atoms with Crippen molar-refractivity contribution in [3.05, 3.63) is 33.8 Å². The van der Waals surface area contributed by atoms with Gasteiger partial charge in [-0.1, -0.05) is 33.6 Å². The van der Waals surface area contributed by atoms with Crippen LogP contribution in [0.2, 0.25) is 5.02 Å². The van der Waals surface area contributed by atoms with Crippen molar-refractivity contribution < 1.29 is 0 Å². The third-order valence-electron chi connectivity index (χ3n) is 0.787. The molecule has 0 unspecified atom stereocenters. The van der Waals surface area contributed by atoms with Crippen LogP contribution in [0.15, 0.2) is 28.7 Å². The van der Waals surface area contributed by atoms with Gasteiger partial charge in [-0.2, -0.15) is 0 Å². The first-order chi connectivity index (χ1) is 3.79. The van der Waals surface area contributed by atoms with E-state index in [-0.39, 0.29) is 23.1 Å². The Labute approximate surface area is 83.9 Å². The molecule has 3 heteroatoms. The van der Waals surface area contributed by atoms with Crippen LogP contribution in [0.25, 0.3) is 0 Å². The topological polar surface area (TPSA) is 0 Å².